The first kappa shape index (κ1) is 30.8. The molecule has 0 aliphatic rings. The molecule has 0 saturated carbocycles. The molecule has 9 heteroatoms. The smallest absolute Gasteiger partial charge is 0.243 e. The quantitative estimate of drug-likeness (QED) is 0.113. The number of aliphatic hydroxyl groups excluding tert-OH is 1. The first-order valence-corrected chi connectivity index (χ1v) is 15.9. The third-order valence-corrected chi connectivity index (χ3v) is 9.57. The van der Waals surface area contributed by atoms with Gasteiger partial charge in [-0.15, -0.1) is 10.2 Å². The minimum absolute atomic E-state index is 0.00945. The lowest BCUT2D eigenvalue weighted by Crippen LogP contribution is -2.33. The monoisotopic (exact) mass is 610 g/mol. The highest BCUT2D eigenvalue weighted by Crippen LogP contribution is 2.28. The topological polar surface area (TPSA) is 88.3 Å². The van der Waals surface area contributed by atoms with Gasteiger partial charge in [0.1, 0.15) is 23.7 Å². The lowest BCUT2D eigenvalue weighted by molar-refractivity contribution is 0.381. The van der Waals surface area contributed by atoms with Gasteiger partial charge in [0, 0.05) is 12.1 Å². The zero-order valence-corrected chi connectivity index (χ0v) is 25.4. The Hall–Kier alpha value is -4.60. The highest BCUT2D eigenvalue weighted by molar-refractivity contribution is 7.89. The third-order valence-electron chi connectivity index (χ3n) is 7.57. The van der Waals surface area contributed by atoms with Crippen molar-refractivity contribution in [1.82, 2.24) is 19.1 Å². The first-order valence-electron chi connectivity index (χ1n) is 14.5. The van der Waals surface area contributed by atoms with E-state index < -0.39 is 10.0 Å². The Morgan fingerprint density at radius 2 is 1.64 bits per heavy atom. The maximum absolute atomic E-state index is 14.2. The minimum Gasteiger partial charge on any atom is -0.508 e. The van der Waals surface area contributed by atoms with E-state index in [2.05, 4.69) is 28.9 Å². The summed E-state index contributed by atoms with van der Waals surface area (Å²) in [6.45, 7) is 5.99. The van der Waals surface area contributed by atoms with Crippen LogP contribution in [0.5, 0.6) is 0 Å². The SMILES string of the molecule is C=C(O)c1ccc(-c2ccc(S(=O)(=O)N(CCCCc3ccccc3)Cc3nncn3Cc3cccc(F)c3)c(C)c2)cc1. The van der Waals surface area contributed by atoms with Gasteiger partial charge in [-0.2, -0.15) is 4.31 Å². The molecule has 0 aliphatic heterocycles. The van der Waals surface area contributed by atoms with Crippen molar-refractivity contribution >= 4 is 15.8 Å². The molecular formula is C35H35FN4O3S. The molecule has 0 saturated heterocycles. The number of halogens is 1. The van der Waals surface area contributed by atoms with Crippen molar-refractivity contribution < 1.29 is 17.9 Å². The van der Waals surface area contributed by atoms with Gasteiger partial charge < -0.3 is 9.67 Å². The van der Waals surface area contributed by atoms with E-state index in [-0.39, 0.29) is 23.0 Å². The maximum Gasteiger partial charge on any atom is 0.243 e. The standard InChI is InChI=1S/C35H35FN4O3S/c1-26-21-32(31-16-14-30(15-17-31)27(2)41)18-19-34(26)44(42,43)40(20-7-6-11-28-9-4-3-5-10-28)24-35-38-37-25-39(35)23-29-12-8-13-33(36)22-29/h3-5,8-10,12-19,21-22,25,41H,2,6-7,11,20,23-24H2,1H3. The van der Waals surface area contributed by atoms with Crippen LogP contribution in [0.1, 0.15) is 40.9 Å². The second-order valence-corrected chi connectivity index (χ2v) is 12.7. The number of sulfonamides is 1. The zero-order valence-electron chi connectivity index (χ0n) is 24.6. The fraction of sp³-hybridized carbons (Fsp3) is 0.200. The number of hydrogen-bond donors (Lipinski definition) is 1. The van der Waals surface area contributed by atoms with E-state index >= 15 is 0 Å². The molecule has 0 amide bonds. The van der Waals surface area contributed by atoms with Crippen molar-refractivity contribution in [2.24, 2.45) is 0 Å². The summed E-state index contributed by atoms with van der Waals surface area (Å²) in [6, 6.07) is 29.0. The number of nitrogens with zero attached hydrogens (tertiary/aromatic N) is 4. The van der Waals surface area contributed by atoms with Gasteiger partial charge in [0.25, 0.3) is 0 Å². The van der Waals surface area contributed by atoms with Crippen LogP contribution >= 0.6 is 0 Å². The summed E-state index contributed by atoms with van der Waals surface area (Å²) in [5.41, 5.74) is 4.93. The number of aliphatic hydroxyl groups is 1. The van der Waals surface area contributed by atoms with Crippen molar-refractivity contribution in [1.29, 1.82) is 0 Å². The van der Waals surface area contributed by atoms with E-state index in [4.69, 9.17) is 0 Å². The van der Waals surface area contributed by atoms with Crippen LogP contribution in [-0.4, -0.2) is 39.1 Å². The summed E-state index contributed by atoms with van der Waals surface area (Å²) >= 11 is 0. The molecule has 5 aromatic rings. The Bertz CT molecular complexity index is 1840. The summed E-state index contributed by atoms with van der Waals surface area (Å²) in [6.07, 6.45) is 3.87. The molecule has 0 aliphatic carbocycles. The lowest BCUT2D eigenvalue weighted by atomic mass is 10.0. The normalized spacial score (nSPS) is 11.6. The summed E-state index contributed by atoms with van der Waals surface area (Å²) in [7, 11) is -3.92. The Kier molecular flexibility index (Phi) is 9.67. The van der Waals surface area contributed by atoms with E-state index in [9.17, 15) is 17.9 Å². The summed E-state index contributed by atoms with van der Waals surface area (Å²) in [5, 5.41) is 17.9. The average molecular weight is 611 g/mol. The molecule has 0 bridgehead atoms. The molecule has 7 nitrogen and oxygen atoms in total. The molecule has 226 valence electrons. The van der Waals surface area contributed by atoms with Gasteiger partial charge in [-0.3, -0.25) is 0 Å². The second kappa shape index (κ2) is 13.8. The fourth-order valence-electron chi connectivity index (χ4n) is 5.18. The van der Waals surface area contributed by atoms with Crippen molar-refractivity contribution in [3.8, 4) is 11.1 Å². The highest BCUT2D eigenvalue weighted by Gasteiger charge is 2.28. The number of hydrogen-bond acceptors (Lipinski definition) is 5. The van der Waals surface area contributed by atoms with Gasteiger partial charge in [0.15, 0.2) is 0 Å². The molecule has 0 unspecified atom stereocenters. The van der Waals surface area contributed by atoms with Crippen molar-refractivity contribution in [3.63, 3.8) is 0 Å². The van der Waals surface area contributed by atoms with Gasteiger partial charge >= 0.3 is 0 Å². The predicted molar refractivity (Wildman–Crippen MR) is 171 cm³/mol. The van der Waals surface area contributed by atoms with Crippen LogP contribution < -0.4 is 0 Å². The van der Waals surface area contributed by atoms with Gasteiger partial charge in [0.05, 0.1) is 18.0 Å². The summed E-state index contributed by atoms with van der Waals surface area (Å²) in [4.78, 5) is 0.223. The molecule has 0 fully saturated rings. The van der Waals surface area contributed by atoms with E-state index in [1.807, 2.05) is 42.5 Å². The Balaban J connectivity index is 1.40. The van der Waals surface area contributed by atoms with Crippen molar-refractivity contribution in [2.45, 2.75) is 44.2 Å². The van der Waals surface area contributed by atoms with Crippen LogP contribution in [0.3, 0.4) is 0 Å². The molecule has 0 atom stereocenters. The highest BCUT2D eigenvalue weighted by atomic mass is 32.2. The number of aromatic nitrogens is 3. The van der Waals surface area contributed by atoms with Gasteiger partial charge in [-0.1, -0.05) is 85.4 Å². The zero-order chi connectivity index (χ0) is 31.1. The lowest BCUT2D eigenvalue weighted by Gasteiger charge is -2.23. The molecule has 1 aromatic heterocycles. The predicted octanol–water partition coefficient (Wildman–Crippen LogP) is 7.18. The molecule has 1 N–H and O–H groups in total. The van der Waals surface area contributed by atoms with Crippen LogP contribution in [-0.2, 0) is 29.5 Å². The van der Waals surface area contributed by atoms with Crippen LogP contribution in [0, 0.1) is 12.7 Å². The molecule has 44 heavy (non-hydrogen) atoms. The second-order valence-electron chi connectivity index (χ2n) is 10.8. The molecule has 5 rings (SSSR count). The van der Waals surface area contributed by atoms with E-state index in [0.29, 0.717) is 36.5 Å². The van der Waals surface area contributed by atoms with Crippen LogP contribution in [0.2, 0.25) is 0 Å². The Labute approximate surface area is 258 Å². The first-order chi connectivity index (χ1) is 21.2. The van der Waals surface area contributed by atoms with E-state index in [1.54, 1.807) is 41.8 Å². The Morgan fingerprint density at radius 3 is 2.34 bits per heavy atom. The Morgan fingerprint density at radius 1 is 0.909 bits per heavy atom. The molecule has 1 heterocycles. The minimum atomic E-state index is -3.92. The van der Waals surface area contributed by atoms with Gasteiger partial charge in [-0.25, -0.2) is 12.8 Å². The number of rotatable bonds is 13. The van der Waals surface area contributed by atoms with E-state index in [0.717, 1.165) is 29.5 Å². The van der Waals surface area contributed by atoms with Crippen molar-refractivity contribution in [3.05, 3.63) is 144 Å². The number of unbranched alkanes of at least 4 members (excludes halogenated alkanes) is 1. The molecule has 4 aromatic carbocycles. The number of aryl methyl sites for hydroxylation is 2. The largest absolute Gasteiger partial charge is 0.508 e. The summed E-state index contributed by atoms with van der Waals surface area (Å²) < 4.78 is 45.5. The number of benzene rings is 4. The molecule has 0 spiro atoms. The average Bonchev–Trinajstić information content (AvgIpc) is 3.45. The van der Waals surface area contributed by atoms with Gasteiger partial charge in [0.2, 0.25) is 10.0 Å². The maximum atomic E-state index is 14.2. The molecular weight excluding hydrogens is 575 g/mol. The van der Waals surface area contributed by atoms with Crippen LogP contribution in [0.25, 0.3) is 16.9 Å². The van der Waals surface area contributed by atoms with Crippen LogP contribution in [0.15, 0.2) is 115 Å². The molecule has 0 radical (unpaired) electrons. The van der Waals surface area contributed by atoms with E-state index in [1.165, 1.54) is 28.3 Å². The van der Waals surface area contributed by atoms with Crippen molar-refractivity contribution in [2.75, 3.05) is 6.54 Å². The third kappa shape index (κ3) is 7.48. The fourth-order valence-corrected chi connectivity index (χ4v) is 6.82. The van der Waals surface area contributed by atoms with Crippen LogP contribution in [0.4, 0.5) is 4.39 Å². The summed E-state index contributed by atoms with van der Waals surface area (Å²) in [5.74, 6) is 0.124. The van der Waals surface area contributed by atoms with Gasteiger partial charge in [-0.05, 0) is 72.2 Å².